The number of hydrogen-bond acceptors (Lipinski definition) is 3. The number of aromatic nitrogens is 2. The van der Waals surface area contributed by atoms with Crippen LogP contribution in [0.4, 0.5) is 10.5 Å². The minimum atomic E-state index is -0.0637. The number of anilines is 1. The number of hydrogen-bond donors (Lipinski definition) is 1. The van der Waals surface area contributed by atoms with Gasteiger partial charge < -0.3 is 15.0 Å². The topological polar surface area (TPSA) is 59.4 Å². The molecule has 1 aromatic heterocycles. The van der Waals surface area contributed by atoms with Crippen molar-refractivity contribution in [2.24, 2.45) is 5.92 Å². The van der Waals surface area contributed by atoms with Gasteiger partial charge in [-0.2, -0.15) is 5.10 Å². The van der Waals surface area contributed by atoms with E-state index in [4.69, 9.17) is 4.74 Å². The maximum absolute atomic E-state index is 12.5. The molecule has 3 rings (SSSR count). The van der Waals surface area contributed by atoms with Gasteiger partial charge >= 0.3 is 6.03 Å². The zero-order chi connectivity index (χ0) is 18.0. The van der Waals surface area contributed by atoms with Gasteiger partial charge in [-0.15, -0.1) is 0 Å². The molecule has 136 valence electrons. The van der Waals surface area contributed by atoms with E-state index >= 15 is 0 Å². The first-order chi connectivity index (χ1) is 11.9. The highest BCUT2D eigenvalue weighted by Crippen LogP contribution is 2.21. The van der Waals surface area contributed by atoms with E-state index in [-0.39, 0.29) is 12.1 Å². The van der Waals surface area contributed by atoms with Crippen molar-refractivity contribution in [2.75, 3.05) is 25.0 Å². The molecule has 1 saturated heterocycles. The Kier molecular flexibility index (Phi) is 5.27. The second-order valence-electron chi connectivity index (χ2n) is 7.49. The molecule has 1 aromatic carbocycles. The average molecular weight is 344 g/mol. The Balaban J connectivity index is 1.60. The first-order valence-corrected chi connectivity index (χ1v) is 9.09. The maximum atomic E-state index is 12.5. The lowest BCUT2D eigenvalue weighted by atomic mass is 10.2. The van der Waals surface area contributed by atoms with Crippen LogP contribution in [0.3, 0.4) is 0 Å². The number of nitrogens with one attached hydrogen (secondary N) is 1. The standard InChI is InChI=1S/C19H28N4O2/c1-13(2)12-25-17-7-8-22(11-17)19(24)20-16-5-6-18-15(9-16)10-23(21-18)14(3)4/h5-6,9-10,13-14,17H,7-8,11-12H2,1-4H3,(H,20,24)/t17-/m1/s1. The monoisotopic (exact) mass is 344 g/mol. The summed E-state index contributed by atoms with van der Waals surface area (Å²) >= 11 is 0. The molecule has 0 saturated carbocycles. The molecule has 6 heteroatoms. The lowest BCUT2D eigenvalue weighted by molar-refractivity contribution is 0.0440. The van der Waals surface area contributed by atoms with Gasteiger partial charge in [0.15, 0.2) is 0 Å². The Labute approximate surface area is 149 Å². The fourth-order valence-electron chi connectivity index (χ4n) is 2.97. The largest absolute Gasteiger partial charge is 0.376 e. The van der Waals surface area contributed by atoms with E-state index < -0.39 is 0 Å². The summed E-state index contributed by atoms with van der Waals surface area (Å²) in [6, 6.07) is 6.08. The van der Waals surface area contributed by atoms with Gasteiger partial charge in [0, 0.05) is 43.0 Å². The number of amides is 2. The third-order valence-electron chi connectivity index (χ3n) is 4.40. The van der Waals surface area contributed by atoms with E-state index in [0.29, 0.717) is 18.5 Å². The van der Waals surface area contributed by atoms with Crippen LogP contribution in [-0.2, 0) is 4.74 Å². The molecule has 0 spiro atoms. The number of likely N-dealkylation sites (tertiary alicyclic amines) is 1. The molecular weight excluding hydrogens is 316 g/mol. The number of ether oxygens (including phenoxy) is 1. The number of fused-ring (bicyclic) bond motifs is 1. The Bertz CT molecular complexity index is 738. The van der Waals surface area contributed by atoms with Crippen molar-refractivity contribution in [3.8, 4) is 0 Å². The van der Waals surface area contributed by atoms with Crippen LogP contribution in [0.25, 0.3) is 10.9 Å². The van der Waals surface area contributed by atoms with Gasteiger partial charge in [-0.1, -0.05) is 13.8 Å². The van der Waals surface area contributed by atoms with Crippen LogP contribution >= 0.6 is 0 Å². The normalized spacial score (nSPS) is 17.8. The van der Waals surface area contributed by atoms with Crippen LogP contribution in [-0.4, -0.2) is 46.5 Å². The van der Waals surface area contributed by atoms with Crippen molar-refractivity contribution in [2.45, 2.75) is 46.3 Å². The number of rotatable bonds is 5. The van der Waals surface area contributed by atoms with E-state index in [1.54, 1.807) is 0 Å². The SMILES string of the molecule is CC(C)CO[C@@H]1CCN(C(=O)Nc2ccc3nn(C(C)C)cc3c2)C1. The molecule has 1 aliphatic rings. The molecule has 1 fully saturated rings. The zero-order valence-electron chi connectivity index (χ0n) is 15.5. The lowest BCUT2D eigenvalue weighted by Crippen LogP contribution is -2.34. The van der Waals surface area contributed by atoms with Crippen LogP contribution in [0.1, 0.15) is 40.2 Å². The lowest BCUT2D eigenvalue weighted by Gasteiger charge is -2.18. The molecule has 1 N–H and O–H groups in total. The Morgan fingerprint density at radius 3 is 2.88 bits per heavy atom. The van der Waals surface area contributed by atoms with Crippen LogP contribution in [0.2, 0.25) is 0 Å². The first kappa shape index (κ1) is 17.7. The van der Waals surface area contributed by atoms with Crippen molar-refractivity contribution in [1.29, 1.82) is 0 Å². The summed E-state index contributed by atoms with van der Waals surface area (Å²) < 4.78 is 7.78. The Morgan fingerprint density at radius 1 is 1.36 bits per heavy atom. The summed E-state index contributed by atoms with van der Waals surface area (Å²) in [5.74, 6) is 0.515. The van der Waals surface area contributed by atoms with E-state index in [1.807, 2.05) is 34.0 Å². The maximum Gasteiger partial charge on any atom is 0.321 e. The van der Waals surface area contributed by atoms with E-state index in [0.717, 1.165) is 36.2 Å². The third-order valence-corrected chi connectivity index (χ3v) is 4.40. The molecule has 2 amide bonds. The van der Waals surface area contributed by atoms with Crippen molar-refractivity contribution < 1.29 is 9.53 Å². The highest BCUT2D eigenvalue weighted by atomic mass is 16.5. The van der Waals surface area contributed by atoms with Crippen molar-refractivity contribution in [3.63, 3.8) is 0 Å². The molecule has 25 heavy (non-hydrogen) atoms. The number of nitrogens with zero attached hydrogens (tertiary/aromatic N) is 3. The van der Waals surface area contributed by atoms with Gasteiger partial charge in [-0.25, -0.2) is 4.79 Å². The van der Waals surface area contributed by atoms with E-state index in [9.17, 15) is 4.79 Å². The molecule has 0 aliphatic carbocycles. The number of urea groups is 1. The fraction of sp³-hybridized carbons (Fsp3) is 0.579. The molecule has 2 aromatic rings. The number of benzene rings is 1. The van der Waals surface area contributed by atoms with Crippen molar-refractivity contribution in [3.05, 3.63) is 24.4 Å². The summed E-state index contributed by atoms with van der Waals surface area (Å²) in [6.45, 7) is 10.6. The molecule has 0 radical (unpaired) electrons. The summed E-state index contributed by atoms with van der Waals surface area (Å²) in [5, 5.41) is 8.56. The highest BCUT2D eigenvalue weighted by molar-refractivity contribution is 5.92. The van der Waals surface area contributed by atoms with Gasteiger partial charge in [0.25, 0.3) is 0 Å². The molecular formula is C19H28N4O2. The summed E-state index contributed by atoms with van der Waals surface area (Å²) in [6.07, 6.45) is 3.07. The van der Waals surface area contributed by atoms with Gasteiger partial charge in [-0.05, 0) is 44.4 Å². The first-order valence-electron chi connectivity index (χ1n) is 9.09. The fourth-order valence-corrected chi connectivity index (χ4v) is 2.97. The van der Waals surface area contributed by atoms with E-state index in [1.165, 1.54) is 0 Å². The Hall–Kier alpha value is -2.08. The molecule has 1 atom stereocenters. The van der Waals surface area contributed by atoms with Crippen LogP contribution in [0.5, 0.6) is 0 Å². The minimum absolute atomic E-state index is 0.0637. The van der Waals surface area contributed by atoms with Crippen LogP contribution in [0.15, 0.2) is 24.4 Å². The van der Waals surface area contributed by atoms with Crippen molar-refractivity contribution >= 4 is 22.6 Å². The molecule has 2 heterocycles. The molecule has 0 unspecified atom stereocenters. The predicted octanol–water partition coefficient (Wildman–Crippen LogP) is 3.90. The molecule has 1 aliphatic heterocycles. The van der Waals surface area contributed by atoms with E-state index in [2.05, 4.69) is 38.1 Å². The summed E-state index contributed by atoms with van der Waals surface area (Å²) in [7, 11) is 0. The van der Waals surface area contributed by atoms with Crippen LogP contribution < -0.4 is 5.32 Å². The highest BCUT2D eigenvalue weighted by Gasteiger charge is 2.27. The van der Waals surface area contributed by atoms with Gasteiger partial charge in [-0.3, -0.25) is 4.68 Å². The number of carbonyl (C=O) groups excluding carboxylic acids is 1. The van der Waals surface area contributed by atoms with Gasteiger partial charge in [0.05, 0.1) is 11.6 Å². The molecule has 0 bridgehead atoms. The zero-order valence-corrected chi connectivity index (χ0v) is 15.5. The van der Waals surface area contributed by atoms with Gasteiger partial charge in [0.1, 0.15) is 0 Å². The summed E-state index contributed by atoms with van der Waals surface area (Å²) in [5.41, 5.74) is 1.74. The van der Waals surface area contributed by atoms with Crippen molar-refractivity contribution in [1.82, 2.24) is 14.7 Å². The second kappa shape index (κ2) is 7.44. The predicted molar refractivity (Wildman–Crippen MR) is 99.9 cm³/mol. The van der Waals surface area contributed by atoms with Crippen LogP contribution in [0, 0.1) is 5.92 Å². The average Bonchev–Trinajstić information content (AvgIpc) is 3.19. The smallest absolute Gasteiger partial charge is 0.321 e. The number of carbonyl (C=O) groups is 1. The Morgan fingerprint density at radius 2 is 2.16 bits per heavy atom. The molecule has 6 nitrogen and oxygen atoms in total. The quantitative estimate of drug-likeness (QED) is 0.895. The minimum Gasteiger partial charge on any atom is -0.376 e. The second-order valence-corrected chi connectivity index (χ2v) is 7.49. The van der Waals surface area contributed by atoms with Gasteiger partial charge in [0.2, 0.25) is 0 Å². The third kappa shape index (κ3) is 4.31. The summed E-state index contributed by atoms with van der Waals surface area (Å²) in [4.78, 5) is 14.3.